The number of carboxylic acids is 1. The lowest BCUT2D eigenvalue weighted by atomic mass is 10.1. The van der Waals surface area contributed by atoms with E-state index in [1.165, 1.54) is 0 Å². The minimum absolute atomic E-state index is 0.0913. The number of aliphatic carboxylic acids is 1. The number of rotatable bonds is 6. The molecule has 5 heteroatoms. The molecule has 0 spiro atoms. The van der Waals surface area contributed by atoms with Crippen molar-refractivity contribution in [3.63, 3.8) is 0 Å². The first-order valence-electron chi connectivity index (χ1n) is 5.76. The molecule has 0 fully saturated rings. The fraction of sp³-hybridized carbons (Fsp3) is 0.462. The van der Waals surface area contributed by atoms with Crippen LogP contribution in [0.4, 0.5) is 8.78 Å². The van der Waals surface area contributed by atoms with E-state index in [0.29, 0.717) is 6.54 Å². The Bertz CT molecular complexity index is 421. The molecule has 18 heavy (non-hydrogen) atoms. The predicted molar refractivity (Wildman–Crippen MR) is 64.1 cm³/mol. The molecule has 1 aromatic rings. The summed E-state index contributed by atoms with van der Waals surface area (Å²) >= 11 is 0. The average Bonchev–Trinajstić information content (AvgIpc) is 2.21. The molecule has 1 aromatic carbocycles. The van der Waals surface area contributed by atoms with Crippen molar-refractivity contribution in [3.8, 4) is 0 Å². The highest BCUT2D eigenvalue weighted by Gasteiger charge is 2.14. The maximum Gasteiger partial charge on any atom is 0.317 e. The summed E-state index contributed by atoms with van der Waals surface area (Å²) in [6.07, 6.45) is 0. The molecule has 0 aromatic heterocycles. The second-order valence-corrected chi connectivity index (χ2v) is 4.69. The van der Waals surface area contributed by atoms with Crippen LogP contribution in [0.25, 0.3) is 0 Å². The van der Waals surface area contributed by atoms with Crippen molar-refractivity contribution in [2.75, 3.05) is 13.1 Å². The molecule has 0 saturated carbocycles. The van der Waals surface area contributed by atoms with Gasteiger partial charge in [0.15, 0.2) is 0 Å². The van der Waals surface area contributed by atoms with E-state index in [2.05, 4.69) is 0 Å². The second kappa shape index (κ2) is 6.44. The average molecular weight is 257 g/mol. The second-order valence-electron chi connectivity index (χ2n) is 4.69. The van der Waals surface area contributed by atoms with E-state index < -0.39 is 17.6 Å². The smallest absolute Gasteiger partial charge is 0.317 e. The number of halogens is 2. The summed E-state index contributed by atoms with van der Waals surface area (Å²) in [5, 5.41) is 8.79. The molecule has 0 unspecified atom stereocenters. The third-order valence-electron chi connectivity index (χ3n) is 2.38. The maximum absolute atomic E-state index is 13.5. The molecular formula is C13H17F2NO2. The van der Waals surface area contributed by atoms with Crippen LogP contribution in [0.5, 0.6) is 0 Å². The number of hydrogen-bond acceptors (Lipinski definition) is 2. The van der Waals surface area contributed by atoms with Crippen LogP contribution in [0.15, 0.2) is 18.2 Å². The molecular weight excluding hydrogens is 240 g/mol. The van der Waals surface area contributed by atoms with Gasteiger partial charge < -0.3 is 5.11 Å². The summed E-state index contributed by atoms with van der Waals surface area (Å²) in [5.41, 5.74) is 0.178. The summed E-state index contributed by atoms with van der Waals surface area (Å²) in [4.78, 5) is 12.3. The highest BCUT2D eigenvalue weighted by Crippen LogP contribution is 2.13. The highest BCUT2D eigenvalue weighted by molar-refractivity contribution is 5.69. The number of carboxylic acid groups (broad SMARTS) is 1. The van der Waals surface area contributed by atoms with Crippen molar-refractivity contribution in [2.24, 2.45) is 5.92 Å². The quantitative estimate of drug-likeness (QED) is 0.851. The number of carbonyl (C=O) groups is 1. The van der Waals surface area contributed by atoms with Crippen LogP contribution >= 0.6 is 0 Å². The SMILES string of the molecule is CC(C)CN(CC(=O)O)Cc1cc(F)ccc1F. The van der Waals surface area contributed by atoms with Gasteiger partial charge in [0.1, 0.15) is 11.6 Å². The van der Waals surface area contributed by atoms with Gasteiger partial charge in [0.2, 0.25) is 0 Å². The molecule has 0 amide bonds. The highest BCUT2D eigenvalue weighted by atomic mass is 19.1. The molecule has 100 valence electrons. The van der Waals surface area contributed by atoms with Gasteiger partial charge in [0, 0.05) is 18.7 Å². The van der Waals surface area contributed by atoms with E-state index in [-0.39, 0.29) is 24.6 Å². The lowest BCUT2D eigenvalue weighted by molar-refractivity contribution is -0.138. The summed E-state index contributed by atoms with van der Waals surface area (Å²) < 4.78 is 26.5. The Morgan fingerprint density at radius 2 is 2.06 bits per heavy atom. The van der Waals surface area contributed by atoms with Crippen molar-refractivity contribution < 1.29 is 18.7 Å². The van der Waals surface area contributed by atoms with Gasteiger partial charge in [0.25, 0.3) is 0 Å². The predicted octanol–water partition coefficient (Wildman–Crippen LogP) is 2.51. The molecule has 0 heterocycles. The monoisotopic (exact) mass is 257 g/mol. The first-order valence-corrected chi connectivity index (χ1v) is 5.76. The molecule has 0 aliphatic carbocycles. The van der Waals surface area contributed by atoms with E-state index in [0.717, 1.165) is 18.2 Å². The van der Waals surface area contributed by atoms with Crippen LogP contribution in [-0.2, 0) is 11.3 Å². The first-order chi connectivity index (χ1) is 8.38. The Hall–Kier alpha value is -1.49. The normalized spacial score (nSPS) is 11.2. The van der Waals surface area contributed by atoms with Crippen LogP contribution in [-0.4, -0.2) is 29.1 Å². The molecule has 3 nitrogen and oxygen atoms in total. The Morgan fingerprint density at radius 1 is 1.39 bits per heavy atom. The van der Waals surface area contributed by atoms with Gasteiger partial charge in [0.05, 0.1) is 6.54 Å². The number of hydrogen-bond donors (Lipinski definition) is 1. The minimum atomic E-state index is -0.979. The van der Waals surface area contributed by atoms with Gasteiger partial charge in [-0.05, 0) is 24.1 Å². The third-order valence-corrected chi connectivity index (χ3v) is 2.38. The summed E-state index contributed by atoms with van der Waals surface area (Å²) in [6, 6.07) is 3.20. The lowest BCUT2D eigenvalue weighted by Gasteiger charge is -2.22. The molecule has 1 N–H and O–H groups in total. The van der Waals surface area contributed by atoms with Gasteiger partial charge in [-0.25, -0.2) is 8.78 Å². The molecule has 0 aliphatic heterocycles. The summed E-state index contributed by atoms with van der Waals surface area (Å²) in [5.74, 6) is -1.77. The number of benzene rings is 1. The molecule has 0 atom stereocenters. The minimum Gasteiger partial charge on any atom is -0.480 e. The van der Waals surface area contributed by atoms with E-state index >= 15 is 0 Å². The Balaban J connectivity index is 2.81. The van der Waals surface area contributed by atoms with Crippen LogP contribution in [0, 0.1) is 17.6 Å². The van der Waals surface area contributed by atoms with Crippen LogP contribution in [0.3, 0.4) is 0 Å². The molecule has 0 aliphatic rings. The van der Waals surface area contributed by atoms with Gasteiger partial charge in [-0.2, -0.15) is 0 Å². The Labute approximate surface area is 105 Å². The Kier molecular flexibility index (Phi) is 5.22. The van der Waals surface area contributed by atoms with Crippen molar-refractivity contribution in [3.05, 3.63) is 35.4 Å². The molecule has 0 saturated heterocycles. The summed E-state index contributed by atoms with van der Waals surface area (Å²) in [6.45, 7) is 4.30. The largest absolute Gasteiger partial charge is 0.480 e. The molecule has 0 radical (unpaired) electrons. The van der Waals surface area contributed by atoms with E-state index in [4.69, 9.17) is 5.11 Å². The van der Waals surface area contributed by atoms with Gasteiger partial charge >= 0.3 is 5.97 Å². The standard InChI is InChI=1S/C13H17F2NO2/c1-9(2)6-16(8-13(17)18)7-10-5-11(14)3-4-12(10)15/h3-5,9H,6-8H2,1-2H3,(H,17,18). The van der Waals surface area contributed by atoms with E-state index in [1.54, 1.807) is 4.90 Å². The Morgan fingerprint density at radius 3 is 2.61 bits per heavy atom. The topological polar surface area (TPSA) is 40.5 Å². The molecule has 1 rings (SSSR count). The van der Waals surface area contributed by atoms with Crippen molar-refractivity contribution in [1.82, 2.24) is 4.90 Å². The third kappa shape index (κ3) is 4.79. The van der Waals surface area contributed by atoms with Crippen molar-refractivity contribution in [1.29, 1.82) is 0 Å². The van der Waals surface area contributed by atoms with Crippen molar-refractivity contribution >= 4 is 5.97 Å². The van der Waals surface area contributed by atoms with Crippen molar-refractivity contribution in [2.45, 2.75) is 20.4 Å². The summed E-state index contributed by atoms with van der Waals surface area (Å²) in [7, 11) is 0. The lowest BCUT2D eigenvalue weighted by Crippen LogP contribution is -2.32. The zero-order valence-corrected chi connectivity index (χ0v) is 10.5. The zero-order chi connectivity index (χ0) is 13.7. The van der Waals surface area contributed by atoms with E-state index in [9.17, 15) is 13.6 Å². The number of nitrogens with zero attached hydrogens (tertiary/aromatic N) is 1. The molecule has 0 bridgehead atoms. The first kappa shape index (κ1) is 14.6. The fourth-order valence-electron chi connectivity index (χ4n) is 1.80. The van der Waals surface area contributed by atoms with Gasteiger partial charge in [-0.3, -0.25) is 9.69 Å². The maximum atomic E-state index is 13.5. The van der Waals surface area contributed by atoms with Gasteiger partial charge in [-0.15, -0.1) is 0 Å². The van der Waals surface area contributed by atoms with Crippen LogP contribution in [0.2, 0.25) is 0 Å². The van der Waals surface area contributed by atoms with Crippen LogP contribution in [0.1, 0.15) is 19.4 Å². The zero-order valence-electron chi connectivity index (χ0n) is 10.5. The fourth-order valence-corrected chi connectivity index (χ4v) is 1.80. The van der Waals surface area contributed by atoms with Gasteiger partial charge in [-0.1, -0.05) is 13.8 Å². The van der Waals surface area contributed by atoms with E-state index in [1.807, 2.05) is 13.8 Å². The van der Waals surface area contributed by atoms with Crippen LogP contribution < -0.4 is 0 Å².